The summed E-state index contributed by atoms with van der Waals surface area (Å²) in [6.45, 7) is 2.69. The molecule has 4 aromatic carbocycles. The molecule has 0 bridgehead atoms. The Morgan fingerprint density at radius 1 is 0.811 bits per heavy atom. The molecule has 1 aliphatic heterocycles. The van der Waals surface area contributed by atoms with Crippen molar-refractivity contribution in [3.8, 4) is 23.0 Å². The minimum absolute atomic E-state index is 0. The van der Waals surface area contributed by atoms with Crippen molar-refractivity contribution >= 4 is 46.9 Å². The number of carboxylic acids is 1. The summed E-state index contributed by atoms with van der Waals surface area (Å²) in [5.41, 5.74) is 1.46. The van der Waals surface area contributed by atoms with Gasteiger partial charge in [0.05, 0.1) is 17.9 Å². The first-order valence-corrected chi connectivity index (χ1v) is 11.8. The molecule has 1 unspecified atom stereocenters. The molecule has 1 aliphatic rings. The van der Waals surface area contributed by atoms with E-state index in [9.17, 15) is 9.90 Å². The molecular weight excluding hydrogens is 477 g/mol. The molecule has 0 aromatic heterocycles. The van der Waals surface area contributed by atoms with Crippen LogP contribution in [0.3, 0.4) is 0 Å². The second kappa shape index (κ2) is 11.7. The zero-order valence-corrected chi connectivity index (χ0v) is 23.0. The van der Waals surface area contributed by atoms with Crippen molar-refractivity contribution in [2.24, 2.45) is 0 Å². The fourth-order valence-electron chi connectivity index (χ4n) is 4.27. The zero-order chi connectivity index (χ0) is 25.0. The zero-order valence-electron chi connectivity index (χ0n) is 21.0. The Hall–Kier alpha value is -3.45. The van der Waals surface area contributed by atoms with Gasteiger partial charge in [-0.2, -0.15) is 0 Å². The molecule has 1 radical (unpaired) electrons. The minimum Gasteiger partial charge on any atom is -0.492 e. The van der Waals surface area contributed by atoms with E-state index in [0.717, 1.165) is 34.2 Å². The summed E-state index contributed by atoms with van der Waals surface area (Å²) in [7, 11) is 0. The van der Waals surface area contributed by atoms with Crippen LogP contribution in [0, 0.1) is 0 Å². The first kappa shape index (κ1) is 26.6. The summed E-state index contributed by atoms with van der Waals surface area (Å²) in [5, 5.41) is 9.83. The predicted octanol–water partition coefficient (Wildman–Crippen LogP) is 6.09. The summed E-state index contributed by atoms with van der Waals surface area (Å²) in [6, 6.07) is 32.4. The molecule has 6 nitrogen and oxygen atoms in total. The summed E-state index contributed by atoms with van der Waals surface area (Å²) in [4.78, 5) is 14.2. The Morgan fingerprint density at radius 2 is 1.38 bits per heavy atom. The number of benzene rings is 4. The van der Waals surface area contributed by atoms with Gasteiger partial charge in [-0.15, -0.1) is 0 Å². The first-order chi connectivity index (χ1) is 17.5. The number of aliphatic carboxylic acids is 1. The van der Waals surface area contributed by atoms with Crippen molar-refractivity contribution in [1.29, 1.82) is 0 Å². The SMILES string of the molecule is CC(Cc1ccc(OCCN2c3ccccc3Oc3ccccc32)cc1)(Oc1ccccc1)C(=O)O.[Na]. The van der Waals surface area contributed by atoms with Crippen LogP contribution >= 0.6 is 0 Å². The van der Waals surface area contributed by atoms with E-state index in [1.807, 2.05) is 91.0 Å². The third-order valence-electron chi connectivity index (χ3n) is 6.12. The second-order valence-corrected chi connectivity index (χ2v) is 8.81. The number of nitrogens with zero attached hydrogens (tertiary/aromatic N) is 1. The fourth-order valence-corrected chi connectivity index (χ4v) is 4.27. The van der Waals surface area contributed by atoms with Crippen LogP contribution in [0.2, 0.25) is 0 Å². The first-order valence-electron chi connectivity index (χ1n) is 11.8. The molecule has 5 rings (SSSR count). The van der Waals surface area contributed by atoms with Crippen LogP contribution in [-0.4, -0.2) is 59.4 Å². The van der Waals surface area contributed by atoms with Crippen molar-refractivity contribution in [1.82, 2.24) is 0 Å². The van der Waals surface area contributed by atoms with E-state index in [0.29, 0.717) is 18.9 Å². The number of hydrogen-bond acceptors (Lipinski definition) is 5. The maximum Gasteiger partial charge on any atom is 0.348 e. The van der Waals surface area contributed by atoms with Gasteiger partial charge in [0, 0.05) is 36.0 Å². The number of carbonyl (C=O) groups is 1. The number of ether oxygens (including phenoxy) is 3. The number of carboxylic acid groups (broad SMARTS) is 1. The topological polar surface area (TPSA) is 68.2 Å². The maximum atomic E-state index is 12.0. The van der Waals surface area contributed by atoms with Crippen LogP contribution in [-0.2, 0) is 11.2 Å². The van der Waals surface area contributed by atoms with Crippen molar-refractivity contribution in [2.75, 3.05) is 18.1 Å². The van der Waals surface area contributed by atoms with E-state index >= 15 is 0 Å². The Kier molecular flexibility index (Phi) is 8.44. The normalized spacial score (nSPS) is 13.2. The average molecular weight is 505 g/mol. The van der Waals surface area contributed by atoms with Crippen LogP contribution in [0.4, 0.5) is 11.4 Å². The Bertz CT molecular complexity index is 1300. The van der Waals surface area contributed by atoms with Gasteiger partial charge in [-0.3, -0.25) is 0 Å². The molecular formula is C30H27NNaO5. The molecule has 4 aromatic rings. The van der Waals surface area contributed by atoms with Gasteiger partial charge >= 0.3 is 5.97 Å². The van der Waals surface area contributed by atoms with Gasteiger partial charge in [-0.05, 0) is 61.0 Å². The van der Waals surface area contributed by atoms with Crippen LogP contribution in [0.1, 0.15) is 12.5 Å². The van der Waals surface area contributed by atoms with Crippen molar-refractivity contribution < 1.29 is 24.1 Å². The molecule has 0 aliphatic carbocycles. The Morgan fingerprint density at radius 3 is 1.97 bits per heavy atom. The van der Waals surface area contributed by atoms with Crippen molar-refractivity contribution in [3.05, 3.63) is 109 Å². The van der Waals surface area contributed by atoms with Crippen LogP contribution in [0.5, 0.6) is 23.0 Å². The molecule has 7 heteroatoms. The number of fused-ring (bicyclic) bond motifs is 2. The third-order valence-corrected chi connectivity index (χ3v) is 6.12. The van der Waals surface area contributed by atoms with Crippen LogP contribution < -0.4 is 19.1 Å². The van der Waals surface area contributed by atoms with Gasteiger partial charge in [0.15, 0.2) is 11.5 Å². The third kappa shape index (κ3) is 6.10. The van der Waals surface area contributed by atoms with E-state index < -0.39 is 11.6 Å². The summed E-state index contributed by atoms with van der Waals surface area (Å²) in [6.07, 6.45) is 0.221. The van der Waals surface area contributed by atoms with Gasteiger partial charge in [0.25, 0.3) is 0 Å². The van der Waals surface area contributed by atoms with Crippen LogP contribution in [0.25, 0.3) is 0 Å². The number of anilines is 2. The molecule has 0 fully saturated rings. The molecule has 37 heavy (non-hydrogen) atoms. The molecule has 1 heterocycles. The van der Waals surface area contributed by atoms with E-state index in [2.05, 4.69) is 4.90 Å². The Balaban J connectivity index is 0.00000320. The molecule has 0 spiro atoms. The smallest absolute Gasteiger partial charge is 0.348 e. The summed E-state index contributed by atoms with van der Waals surface area (Å²) < 4.78 is 17.9. The standard InChI is InChI=1S/C30H27NO5.Na/c1-30(29(32)33,36-24-9-3-2-4-10-24)21-22-15-17-23(18-16-22)34-20-19-31-25-11-5-7-13-27(25)35-28-14-8-6-12-26(28)31;/h2-18H,19-21H2,1H3,(H,32,33);. The quantitative estimate of drug-likeness (QED) is 0.278. The monoisotopic (exact) mass is 504 g/mol. The van der Waals surface area contributed by atoms with E-state index in [1.54, 1.807) is 19.1 Å². The fraction of sp³-hybridized carbons (Fsp3) is 0.167. The molecule has 0 amide bonds. The molecule has 183 valence electrons. The summed E-state index contributed by atoms with van der Waals surface area (Å²) >= 11 is 0. The maximum absolute atomic E-state index is 12.0. The Labute approximate surface area is 238 Å². The van der Waals surface area contributed by atoms with Crippen LogP contribution in [0.15, 0.2) is 103 Å². The molecule has 0 saturated heterocycles. The number of para-hydroxylation sites is 5. The van der Waals surface area contributed by atoms with Gasteiger partial charge in [0.1, 0.15) is 18.1 Å². The van der Waals surface area contributed by atoms with E-state index in [-0.39, 0.29) is 36.0 Å². The van der Waals surface area contributed by atoms with Gasteiger partial charge in [-0.25, -0.2) is 4.79 Å². The molecule has 0 saturated carbocycles. The van der Waals surface area contributed by atoms with Gasteiger partial charge < -0.3 is 24.2 Å². The predicted molar refractivity (Wildman–Crippen MR) is 144 cm³/mol. The van der Waals surface area contributed by atoms with Gasteiger partial charge in [-0.1, -0.05) is 54.6 Å². The minimum atomic E-state index is -1.39. The van der Waals surface area contributed by atoms with Gasteiger partial charge in [0.2, 0.25) is 5.60 Å². The largest absolute Gasteiger partial charge is 0.492 e. The second-order valence-electron chi connectivity index (χ2n) is 8.81. The number of rotatable bonds is 9. The van der Waals surface area contributed by atoms with E-state index in [1.165, 1.54) is 0 Å². The molecule has 1 atom stereocenters. The van der Waals surface area contributed by atoms with Crippen molar-refractivity contribution in [3.63, 3.8) is 0 Å². The van der Waals surface area contributed by atoms with E-state index in [4.69, 9.17) is 14.2 Å². The summed E-state index contributed by atoms with van der Waals surface area (Å²) in [5.74, 6) is 1.86. The average Bonchev–Trinajstić information content (AvgIpc) is 2.89. The molecule has 1 N–H and O–H groups in total. The number of hydrogen-bond donors (Lipinski definition) is 1. The van der Waals surface area contributed by atoms with Crippen molar-refractivity contribution in [2.45, 2.75) is 18.9 Å².